The van der Waals surface area contributed by atoms with Gasteiger partial charge in [0.05, 0.1) is 17.4 Å². The molecule has 1 aliphatic heterocycles. The maximum atomic E-state index is 12.6. The zero-order chi connectivity index (χ0) is 19.8. The van der Waals surface area contributed by atoms with Crippen molar-refractivity contribution < 1.29 is 4.42 Å². The van der Waals surface area contributed by atoms with Gasteiger partial charge in [-0.3, -0.25) is 14.3 Å². The first-order chi connectivity index (χ1) is 14.2. The van der Waals surface area contributed by atoms with Gasteiger partial charge in [-0.05, 0) is 44.0 Å². The molecular weight excluding hydrogens is 366 g/mol. The molecule has 0 saturated heterocycles. The molecule has 0 atom stereocenters. The Hall–Kier alpha value is -3.12. The first kappa shape index (κ1) is 17.9. The molecule has 0 aliphatic carbocycles. The lowest BCUT2D eigenvalue weighted by Crippen LogP contribution is -2.35. The van der Waals surface area contributed by atoms with E-state index in [9.17, 15) is 9.59 Å². The topological polar surface area (TPSA) is 71.2 Å². The van der Waals surface area contributed by atoms with Gasteiger partial charge in [0, 0.05) is 24.0 Å². The fourth-order valence-electron chi connectivity index (χ4n) is 4.30. The monoisotopic (exact) mass is 389 g/mol. The van der Waals surface area contributed by atoms with E-state index in [-0.39, 0.29) is 11.2 Å². The molecule has 2 aromatic heterocycles. The second-order valence-corrected chi connectivity index (χ2v) is 7.67. The van der Waals surface area contributed by atoms with Crippen molar-refractivity contribution in [3.63, 3.8) is 0 Å². The molecular formula is C23H23N3O3. The lowest BCUT2D eigenvalue weighted by atomic mass is 10.0. The zero-order valence-electron chi connectivity index (χ0n) is 16.2. The number of nitrogens with zero attached hydrogens (tertiary/aromatic N) is 2. The number of furan rings is 1. The Kier molecular flexibility index (Phi) is 4.56. The molecule has 1 N–H and O–H groups in total. The zero-order valence-corrected chi connectivity index (χ0v) is 16.2. The molecule has 0 fully saturated rings. The highest BCUT2D eigenvalue weighted by molar-refractivity contribution is 5.82. The predicted octanol–water partition coefficient (Wildman–Crippen LogP) is 3.27. The highest BCUT2D eigenvalue weighted by Crippen LogP contribution is 2.30. The van der Waals surface area contributed by atoms with Gasteiger partial charge in [-0.25, -0.2) is 4.79 Å². The van der Waals surface area contributed by atoms with Crippen molar-refractivity contribution in [2.24, 2.45) is 0 Å². The SMILES string of the molecule is O=c1[nH]c2ccccc2c(=O)n1CCCCN1CCc2c(oc3ccccc23)C1. The van der Waals surface area contributed by atoms with Crippen LogP contribution in [0.5, 0.6) is 0 Å². The number of para-hydroxylation sites is 2. The van der Waals surface area contributed by atoms with E-state index in [0.717, 1.165) is 50.2 Å². The molecule has 29 heavy (non-hydrogen) atoms. The average molecular weight is 389 g/mol. The van der Waals surface area contributed by atoms with E-state index in [1.54, 1.807) is 12.1 Å². The lowest BCUT2D eigenvalue weighted by Gasteiger charge is -2.25. The largest absolute Gasteiger partial charge is 0.459 e. The predicted molar refractivity (Wildman–Crippen MR) is 113 cm³/mol. The maximum Gasteiger partial charge on any atom is 0.328 e. The first-order valence-electron chi connectivity index (χ1n) is 10.1. The van der Waals surface area contributed by atoms with Crippen LogP contribution in [-0.2, 0) is 19.5 Å². The Bertz CT molecular complexity index is 1300. The molecule has 0 saturated carbocycles. The highest BCUT2D eigenvalue weighted by Gasteiger charge is 2.22. The molecule has 2 aromatic carbocycles. The minimum Gasteiger partial charge on any atom is -0.459 e. The normalized spacial score (nSPS) is 14.5. The summed E-state index contributed by atoms with van der Waals surface area (Å²) < 4.78 is 7.35. The third-order valence-electron chi connectivity index (χ3n) is 5.82. The number of rotatable bonds is 5. The summed E-state index contributed by atoms with van der Waals surface area (Å²) in [6.45, 7) is 3.19. The molecule has 0 unspecified atom stereocenters. The van der Waals surface area contributed by atoms with Crippen LogP contribution >= 0.6 is 0 Å². The van der Waals surface area contributed by atoms with Gasteiger partial charge in [-0.2, -0.15) is 0 Å². The summed E-state index contributed by atoms with van der Waals surface area (Å²) in [5, 5.41) is 1.79. The fraction of sp³-hybridized carbons (Fsp3) is 0.304. The molecule has 1 aliphatic rings. The number of benzene rings is 2. The maximum absolute atomic E-state index is 12.6. The number of hydrogen-bond donors (Lipinski definition) is 1. The van der Waals surface area contributed by atoms with Gasteiger partial charge in [-0.15, -0.1) is 0 Å². The van der Waals surface area contributed by atoms with Crippen molar-refractivity contribution in [1.29, 1.82) is 0 Å². The Morgan fingerprint density at radius 3 is 2.59 bits per heavy atom. The number of hydrogen-bond acceptors (Lipinski definition) is 4. The first-order valence-corrected chi connectivity index (χ1v) is 10.1. The molecule has 6 nitrogen and oxygen atoms in total. The molecule has 5 rings (SSSR count). The lowest BCUT2D eigenvalue weighted by molar-refractivity contribution is 0.226. The van der Waals surface area contributed by atoms with Crippen molar-refractivity contribution >= 4 is 21.9 Å². The Morgan fingerprint density at radius 1 is 0.931 bits per heavy atom. The van der Waals surface area contributed by atoms with Crippen molar-refractivity contribution in [3.05, 3.63) is 80.7 Å². The third-order valence-corrected chi connectivity index (χ3v) is 5.82. The van der Waals surface area contributed by atoms with Gasteiger partial charge < -0.3 is 9.40 Å². The van der Waals surface area contributed by atoms with Crippen molar-refractivity contribution in [2.45, 2.75) is 32.4 Å². The van der Waals surface area contributed by atoms with E-state index >= 15 is 0 Å². The molecule has 0 radical (unpaired) electrons. The van der Waals surface area contributed by atoms with Crippen LogP contribution in [0.2, 0.25) is 0 Å². The van der Waals surface area contributed by atoms with Crippen molar-refractivity contribution in [2.75, 3.05) is 13.1 Å². The van der Waals surface area contributed by atoms with Crippen molar-refractivity contribution in [3.8, 4) is 0 Å². The van der Waals surface area contributed by atoms with Crippen LogP contribution in [0.15, 0.2) is 62.5 Å². The standard InChI is InChI=1S/C23H23N3O3/c27-22-18-8-1-3-9-19(18)24-23(28)26(22)13-6-5-12-25-14-11-17-16-7-2-4-10-20(16)29-21(17)15-25/h1-4,7-10H,5-6,11-15H2,(H,24,28). The third kappa shape index (κ3) is 3.29. The molecule has 4 aromatic rings. The number of aromatic nitrogens is 2. The van der Waals surface area contributed by atoms with E-state index in [1.165, 1.54) is 15.5 Å². The van der Waals surface area contributed by atoms with Crippen LogP contribution in [0.25, 0.3) is 21.9 Å². The summed E-state index contributed by atoms with van der Waals surface area (Å²) in [4.78, 5) is 30.0. The highest BCUT2D eigenvalue weighted by atomic mass is 16.3. The Morgan fingerprint density at radius 2 is 1.69 bits per heavy atom. The molecule has 148 valence electrons. The Labute approximate surface area is 167 Å². The number of fused-ring (bicyclic) bond motifs is 4. The van der Waals surface area contributed by atoms with Gasteiger partial charge in [0.2, 0.25) is 0 Å². The van der Waals surface area contributed by atoms with Gasteiger partial charge in [-0.1, -0.05) is 30.3 Å². The summed E-state index contributed by atoms with van der Waals surface area (Å²) in [6, 6.07) is 15.4. The quantitative estimate of drug-likeness (QED) is 0.532. The van der Waals surface area contributed by atoms with Crippen molar-refractivity contribution in [1.82, 2.24) is 14.5 Å². The molecule has 6 heteroatoms. The van der Waals surface area contributed by atoms with Gasteiger partial charge in [0.25, 0.3) is 5.56 Å². The number of unbranched alkanes of at least 4 members (excludes halogenated alkanes) is 1. The smallest absolute Gasteiger partial charge is 0.328 e. The fourth-order valence-corrected chi connectivity index (χ4v) is 4.30. The minimum atomic E-state index is -0.335. The molecule has 0 spiro atoms. The van der Waals surface area contributed by atoms with Crippen LogP contribution in [0, 0.1) is 0 Å². The number of aromatic amines is 1. The number of nitrogens with one attached hydrogen (secondary N) is 1. The van der Waals surface area contributed by atoms with E-state index in [4.69, 9.17) is 4.42 Å². The summed E-state index contributed by atoms with van der Waals surface area (Å²) in [7, 11) is 0. The Balaban J connectivity index is 1.22. The summed E-state index contributed by atoms with van der Waals surface area (Å²) >= 11 is 0. The average Bonchev–Trinajstić information content (AvgIpc) is 3.11. The van der Waals surface area contributed by atoms with Gasteiger partial charge in [0.1, 0.15) is 11.3 Å². The molecule has 0 bridgehead atoms. The molecule has 0 amide bonds. The van der Waals surface area contributed by atoms with E-state index in [1.807, 2.05) is 24.3 Å². The van der Waals surface area contributed by atoms with Gasteiger partial charge in [0.15, 0.2) is 0 Å². The number of H-pyrrole nitrogens is 1. The summed E-state index contributed by atoms with van der Waals surface area (Å²) in [6.07, 6.45) is 2.70. The van der Waals surface area contributed by atoms with E-state index < -0.39 is 0 Å². The minimum absolute atomic E-state index is 0.214. The summed E-state index contributed by atoms with van der Waals surface area (Å²) in [5.41, 5.74) is 2.35. The van der Waals surface area contributed by atoms with E-state index in [0.29, 0.717) is 17.4 Å². The summed E-state index contributed by atoms with van der Waals surface area (Å²) in [5.74, 6) is 1.07. The van der Waals surface area contributed by atoms with Crippen LogP contribution < -0.4 is 11.2 Å². The van der Waals surface area contributed by atoms with Crippen LogP contribution in [-0.4, -0.2) is 27.5 Å². The van der Waals surface area contributed by atoms with Gasteiger partial charge >= 0.3 is 5.69 Å². The van der Waals surface area contributed by atoms with E-state index in [2.05, 4.69) is 22.0 Å². The second-order valence-electron chi connectivity index (χ2n) is 7.67. The van der Waals surface area contributed by atoms with Crippen LogP contribution in [0.1, 0.15) is 24.2 Å². The molecule has 3 heterocycles. The second kappa shape index (κ2) is 7.37. The van der Waals surface area contributed by atoms with Crippen LogP contribution in [0.4, 0.5) is 0 Å². The van der Waals surface area contributed by atoms with Crippen LogP contribution in [0.3, 0.4) is 0 Å².